The number of carboxylic acids is 1. The van der Waals surface area contributed by atoms with Gasteiger partial charge >= 0.3 is 5.97 Å². The number of carbonyl (C=O) groups is 1. The van der Waals surface area contributed by atoms with Gasteiger partial charge in [0, 0.05) is 30.7 Å². The van der Waals surface area contributed by atoms with Gasteiger partial charge in [-0.2, -0.15) is 0 Å². The molecule has 3 N–H and O–H groups in total. The number of nitrogens with zero attached hydrogens (tertiary/aromatic N) is 4. The topological polar surface area (TPSA) is 114 Å². The van der Waals surface area contributed by atoms with E-state index in [1.54, 1.807) is 17.2 Å². The maximum atomic E-state index is 14.7. The molecule has 0 radical (unpaired) electrons. The summed E-state index contributed by atoms with van der Waals surface area (Å²) < 4.78 is 16.1. The molecular weight excluding hydrogens is 409 g/mol. The molecule has 0 aliphatic carbocycles. The molecule has 0 spiro atoms. The van der Waals surface area contributed by atoms with Gasteiger partial charge in [-0.3, -0.25) is 9.36 Å². The zero-order valence-electron chi connectivity index (χ0n) is 14.8. The number of thiazole rings is 1. The minimum Gasteiger partial charge on any atom is -0.477 e. The average molecular weight is 426 g/mol. The van der Waals surface area contributed by atoms with Gasteiger partial charge < -0.3 is 15.7 Å². The van der Waals surface area contributed by atoms with Crippen molar-refractivity contribution in [2.45, 2.75) is 19.4 Å². The summed E-state index contributed by atoms with van der Waals surface area (Å²) in [4.78, 5) is 34.5. The van der Waals surface area contributed by atoms with Crippen LogP contribution in [0.5, 0.6) is 0 Å². The van der Waals surface area contributed by atoms with E-state index in [0.29, 0.717) is 18.2 Å². The highest BCUT2D eigenvalue weighted by Gasteiger charge is 2.26. The summed E-state index contributed by atoms with van der Waals surface area (Å²) in [6.45, 7) is 2.82. The molecular formula is C17H17ClFN5O3S. The first-order valence-corrected chi connectivity index (χ1v) is 9.15. The van der Waals surface area contributed by atoms with Gasteiger partial charge in [0.25, 0.3) is 0 Å². The molecule has 8 nitrogen and oxygen atoms in total. The van der Waals surface area contributed by atoms with E-state index in [1.807, 2.05) is 0 Å². The van der Waals surface area contributed by atoms with Gasteiger partial charge in [-0.15, -0.1) is 23.7 Å². The molecule has 4 heterocycles. The number of pyridine rings is 2. The Hall–Kier alpha value is -2.56. The lowest BCUT2D eigenvalue weighted by molar-refractivity contribution is 0.0695. The maximum absolute atomic E-state index is 14.7. The van der Waals surface area contributed by atoms with Crippen LogP contribution in [0.25, 0.3) is 16.2 Å². The highest BCUT2D eigenvalue weighted by atomic mass is 35.5. The van der Waals surface area contributed by atoms with E-state index in [9.17, 15) is 19.1 Å². The molecule has 11 heteroatoms. The van der Waals surface area contributed by atoms with Crippen LogP contribution in [0, 0.1) is 12.7 Å². The van der Waals surface area contributed by atoms with Gasteiger partial charge in [0.1, 0.15) is 5.56 Å². The van der Waals surface area contributed by atoms with Crippen LogP contribution < -0.4 is 16.1 Å². The maximum Gasteiger partial charge on any atom is 0.341 e. The first-order valence-electron chi connectivity index (χ1n) is 8.27. The minimum absolute atomic E-state index is 0. The number of halogens is 2. The summed E-state index contributed by atoms with van der Waals surface area (Å²) in [7, 11) is 0. The molecule has 0 bridgehead atoms. The molecule has 3 aromatic heterocycles. The summed E-state index contributed by atoms with van der Waals surface area (Å²) in [5, 5.41) is 11.5. The summed E-state index contributed by atoms with van der Waals surface area (Å²) >= 11 is 1.28. The van der Waals surface area contributed by atoms with Crippen molar-refractivity contribution in [3.05, 3.63) is 44.9 Å². The Morgan fingerprint density at radius 1 is 1.43 bits per heavy atom. The lowest BCUT2D eigenvalue weighted by Crippen LogP contribution is -2.28. The number of carboxylic acid groups (broad SMARTS) is 1. The van der Waals surface area contributed by atoms with Crippen LogP contribution in [0.1, 0.15) is 22.5 Å². The Morgan fingerprint density at radius 2 is 2.18 bits per heavy atom. The van der Waals surface area contributed by atoms with E-state index in [4.69, 9.17) is 5.73 Å². The largest absolute Gasteiger partial charge is 0.477 e. The second-order valence-electron chi connectivity index (χ2n) is 6.48. The molecule has 0 saturated carbocycles. The third kappa shape index (κ3) is 3.34. The van der Waals surface area contributed by atoms with Crippen molar-refractivity contribution in [1.82, 2.24) is 14.5 Å². The third-order valence-corrected chi connectivity index (χ3v) is 5.44. The Bertz CT molecular complexity index is 1130. The molecule has 148 valence electrons. The van der Waals surface area contributed by atoms with Gasteiger partial charge in [-0.05, 0) is 19.4 Å². The monoisotopic (exact) mass is 425 g/mol. The van der Waals surface area contributed by atoms with Crippen LogP contribution in [-0.4, -0.2) is 44.7 Å². The molecule has 0 amide bonds. The number of anilines is 1. The SMILES string of the molecule is Cc1csc(-n2cc(C(=O)O)c(=O)c3cc(F)c(N4CCC(N)C4)nc32)n1.Cl. The number of hydrogen-bond acceptors (Lipinski definition) is 7. The van der Waals surface area contributed by atoms with Crippen LogP contribution in [0.15, 0.2) is 22.4 Å². The van der Waals surface area contributed by atoms with Gasteiger partial charge in [0.2, 0.25) is 5.43 Å². The predicted octanol–water partition coefficient (Wildman–Crippen LogP) is 1.95. The van der Waals surface area contributed by atoms with E-state index >= 15 is 0 Å². The fourth-order valence-corrected chi connectivity index (χ4v) is 3.94. The molecule has 1 aliphatic heterocycles. The number of hydrogen-bond donors (Lipinski definition) is 2. The molecule has 3 aromatic rings. The first kappa shape index (κ1) is 20.2. The molecule has 28 heavy (non-hydrogen) atoms. The van der Waals surface area contributed by atoms with Gasteiger partial charge in [-0.25, -0.2) is 19.2 Å². The second-order valence-corrected chi connectivity index (χ2v) is 7.31. The number of aryl methyl sites for hydroxylation is 1. The number of aromatic nitrogens is 3. The molecule has 1 atom stereocenters. The fourth-order valence-electron chi connectivity index (χ4n) is 3.17. The highest BCUT2D eigenvalue weighted by Crippen LogP contribution is 2.26. The average Bonchev–Trinajstić information content (AvgIpc) is 3.23. The van der Waals surface area contributed by atoms with Crippen molar-refractivity contribution in [2.24, 2.45) is 5.73 Å². The Balaban J connectivity index is 0.00000225. The number of rotatable bonds is 3. The van der Waals surface area contributed by atoms with Crippen molar-refractivity contribution < 1.29 is 14.3 Å². The van der Waals surface area contributed by atoms with Crippen LogP contribution in [0.4, 0.5) is 10.2 Å². The van der Waals surface area contributed by atoms with Crippen molar-refractivity contribution in [3.63, 3.8) is 0 Å². The summed E-state index contributed by atoms with van der Waals surface area (Å²) in [5.41, 5.74) is 5.57. The van der Waals surface area contributed by atoms with Gasteiger partial charge in [-0.1, -0.05) is 0 Å². The first-order chi connectivity index (χ1) is 12.8. The summed E-state index contributed by atoms with van der Waals surface area (Å²) in [6, 6.07) is 0.979. The standard InChI is InChI=1S/C17H16FN5O3S.ClH/c1-8-7-27-17(20-8)23-6-11(16(25)26)13(24)10-4-12(18)15(21-14(10)23)22-3-2-9(19)5-22;/h4,6-7,9H,2-3,5,19H2,1H3,(H,25,26);1H. The normalized spacial score (nSPS) is 16.4. The number of aromatic carboxylic acids is 1. The van der Waals surface area contributed by atoms with Crippen LogP contribution in [0.2, 0.25) is 0 Å². The van der Waals surface area contributed by atoms with E-state index < -0.39 is 22.8 Å². The van der Waals surface area contributed by atoms with Crippen molar-refractivity contribution in [1.29, 1.82) is 0 Å². The van der Waals surface area contributed by atoms with E-state index in [1.165, 1.54) is 22.1 Å². The van der Waals surface area contributed by atoms with Crippen molar-refractivity contribution in [2.75, 3.05) is 18.0 Å². The van der Waals surface area contributed by atoms with Crippen molar-refractivity contribution >= 4 is 46.6 Å². The second kappa shape index (κ2) is 7.46. The van der Waals surface area contributed by atoms with E-state index in [0.717, 1.165) is 18.2 Å². The smallest absolute Gasteiger partial charge is 0.341 e. The zero-order chi connectivity index (χ0) is 19.3. The van der Waals surface area contributed by atoms with Gasteiger partial charge in [0.05, 0.1) is 11.1 Å². The predicted molar refractivity (Wildman–Crippen MR) is 107 cm³/mol. The quantitative estimate of drug-likeness (QED) is 0.659. The van der Waals surface area contributed by atoms with Crippen molar-refractivity contribution in [3.8, 4) is 5.13 Å². The van der Waals surface area contributed by atoms with E-state index in [2.05, 4.69) is 9.97 Å². The minimum atomic E-state index is -1.39. The highest BCUT2D eigenvalue weighted by molar-refractivity contribution is 7.12. The fraction of sp³-hybridized carbons (Fsp3) is 0.294. The Labute approximate surface area is 168 Å². The lowest BCUT2D eigenvalue weighted by atomic mass is 10.2. The van der Waals surface area contributed by atoms with Crippen LogP contribution >= 0.6 is 23.7 Å². The zero-order valence-corrected chi connectivity index (χ0v) is 16.4. The molecule has 1 aliphatic rings. The lowest BCUT2D eigenvalue weighted by Gasteiger charge is -2.19. The summed E-state index contributed by atoms with van der Waals surface area (Å²) in [5.74, 6) is -1.98. The molecule has 1 unspecified atom stereocenters. The molecule has 0 aromatic carbocycles. The van der Waals surface area contributed by atoms with E-state index in [-0.39, 0.29) is 35.3 Å². The van der Waals surface area contributed by atoms with Crippen LogP contribution in [0.3, 0.4) is 0 Å². The summed E-state index contributed by atoms with van der Waals surface area (Å²) in [6.07, 6.45) is 1.91. The molecule has 1 fully saturated rings. The third-order valence-electron chi connectivity index (χ3n) is 4.48. The van der Waals surface area contributed by atoms with Gasteiger partial charge in [0.15, 0.2) is 22.4 Å². The molecule has 4 rings (SSSR count). The molecule has 1 saturated heterocycles. The number of nitrogens with two attached hydrogens (primary N) is 1. The number of fused-ring (bicyclic) bond motifs is 1. The van der Waals surface area contributed by atoms with Crippen LogP contribution in [-0.2, 0) is 0 Å². The Morgan fingerprint density at radius 3 is 2.75 bits per heavy atom. The Kier molecular flexibility index (Phi) is 5.37.